The number of hydrogen-bond acceptors (Lipinski definition) is 2. The van der Waals surface area contributed by atoms with Crippen LogP contribution in [0.25, 0.3) is 21.5 Å². The zero-order valence-electron chi connectivity index (χ0n) is 24.9. The summed E-state index contributed by atoms with van der Waals surface area (Å²) >= 11 is 0. The molecule has 0 atom stereocenters. The van der Waals surface area contributed by atoms with Crippen molar-refractivity contribution >= 4 is 27.5 Å². The summed E-state index contributed by atoms with van der Waals surface area (Å²) in [6, 6.07) is 19.4. The number of benzene rings is 4. The Balaban J connectivity index is 1.48. The van der Waals surface area contributed by atoms with E-state index in [4.69, 9.17) is 4.74 Å². The van der Waals surface area contributed by atoms with Gasteiger partial charge in [0.25, 0.3) is 0 Å². The smallest absolute Gasteiger partial charge is 0.457 e. The molecule has 0 aromatic heterocycles. The van der Waals surface area contributed by atoms with Crippen LogP contribution >= 0.6 is 0 Å². The average Bonchev–Trinajstić information content (AvgIpc) is 3.04. The van der Waals surface area contributed by atoms with Crippen molar-refractivity contribution in [2.24, 2.45) is 0 Å². The van der Waals surface area contributed by atoms with Gasteiger partial charge in [0.1, 0.15) is 6.61 Å². The van der Waals surface area contributed by atoms with Crippen LogP contribution in [-0.2, 0) is 17.8 Å². The predicted molar refractivity (Wildman–Crippen MR) is 146 cm³/mol. The molecule has 0 unspecified atom stereocenters. The minimum atomic E-state index is -8.66. The molecule has 0 radical (unpaired) electrons. The lowest BCUT2D eigenvalue weighted by Crippen LogP contribution is -2.74. The quantitative estimate of drug-likeness (QED) is 0.0817. The monoisotopic (exact) mass is 758 g/mol. The first-order valence-corrected chi connectivity index (χ1v) is 14.0. The van der Waals surface area contributed by atoms with Gasteiger partial charge in [-0.2, -0.15) is 74.6 Å². The lowest BCUT2D eigenvalue weighted by molar-refractivity contribution is -0.461. The van der Waals surface area contributed by atoms with Crippen LogP contribution in [0.3, 0.4) is 0 Å². The number of hydrogen-bond donors (Lipinski definition) is 0. The second-order valence-corrected chi connectivity index (χ2v) is 11.2. The normalized spacial score (nSPS) is 14.3. The second-order valence-electron chi connectivity index (χ2n) is 11.2. The summed E-state index contributed by atoms with van der Waals surface area (Å²) in [5.74, 6) is -57.3. The van der Waals surface area contributed by atoms with E-state index in [0.29, 0.717) is 21.5 Å². The molecule has 19 heteroatoms. The fourth-order valence-corrected chi connectivity index (χ4v) is 4.91. The summed E-state index contributed by atoms with van der Waals surface area (Å²) in [6.07, 6.45) is -11.8. The second kappa shape index (κ2) is 12.7. The first-order valence-electron chi connectivity index (χ1n) is 14.0. The molecule has 0 saturated heterocycles. The number of carbonyl (C=O) groups excluding carboxylic acids is 1. The summed E-state index contributed by atoms with van der Waals surface area (Å²) in [5.41, 5.74) is -0.0718. The molecule has 4 rings (SSSR count). The summed E-state index contributed by atoms with van der Waals surface area (Å²) < 4.78 is 235. The number of ether oxygens (including phenoxy) is 1. The van der Waals surface area contributed by atoms with E-state index >= 15 is 0 Å². The maximum absolute atomic E-state index is 14.3. The molecule has 0 aliphatic rings. The van der Waals surface area contributed by atoms with Gasteiger partial charge >= 0.3 is 53.6 Å². The van der Waals surface area contributed by atoms with Gasteiger partial charge in [-0.3, -0.25) is 0 Å². The summed E-state index contributed by atoms with van der Waals surface area (Å²) in [4.78, 5) is 13.1. The molecule has 4 aromatic carbocycles. The van der Waals surface area contributed by atoms with Gasteiger partial charge in [-0.05, 0) is 45.2 Å². The van der Waals surface area contributed by atoms with Gasteiger partial charge in [-0.15, -0.1) is 0 Å². The Morgan fingerprint density at radius 2 is 0.882 bits per heavy atom. The van der Waals surface area contributed by atoms with E-state index in [9.17, 15) is 79.4 Å². The van der Waals surface area contributed by atoms with E-state index in [1.54, 1.807) is 48.5 Å². The molecule has 0 aliphatic carbocycles. The van der Waals surface area contributed by atoms with Crippen LogP contribution < -0.4 is 0 Å². The molecular weight excluding hydrogens is 739 g/mol. The van der Waals surface area contributed by atoms with E-state index in [1.807, 2.05) is 6.07 Å². The van der Waals surface area contributed by atoms with Crippen LogP contribution in [0.5, 0.6) is 0 Å². The van der Waals surface area contributed by atoms with Crippen molar-refractivity contribution in [1.29, 1.82) is 0 Å². The summed E-state index contributed by atoms with van der Waals surface area (Å²) in [7, 11) is 0. The fraction of sp³-hybridized carbons (Fsp3) is 0.344. The molecule has 0 saturated carbocycles. The van der Waals surface area contributed by atoms with Crippen LogP contribution in [0.15, 0.2) is 78.9 Å². The van der Waals surface area contributed by atoms with E-state index in [0.717, 1.165) is 24.3 Å². The van der Waals surface area contributed by atoms with Crippen LogP contribution in [0.4, 0.5) is 74.6 Å². The molecule has 0 spiro atoms. The molecule has 4 aromatic rings. The maximum Gasteiger partial charge on any atom is 0.460 e. The van der Waals surface area contributed by atoms with Gasteiger partial charge in [-0.25, -0.2) is 4.79 Å². The molecule has 0 fully saturated rings. The van der Waals surface area contributed by atoms with Gasteiger partial charge in [0.05, 0.1) is 5.56 Å². The third kappa shape index (κ3) is 6.29. The van der Waals surface area contributed by atoms with Gasteiger partial charge < -0.3 is 4.74 Å². The Morgan fingerprint density at radius 3 is 1.33 bits per heavy atom. The molecule has 51 heavy (non-hydrogen) atoms. The molecular formula is C32H19F17O2. The Hall–Kier alpha value is -4.32. The molecule has 278 valence electrons. The minimum absolute atomic E-state index is 0.152. The summed E-state index contributed by atoms with van der Waals surface area (Å²) in [6.45, 7) is -0.460. The highest BCUT2D eigenvalue weighted by Gasteiger charge is 2.95. The number of rotatable bonds is 12. The van der Waals surface area contributed by atoms with Gasteiger partial charge in [-0.1, -0.05) is 72.8 Å². The van der Waals surface area contributed by atoms with E-state index in [2.05, 4.69) is 0 Å². The third-order valence-corrected chi connectivity index (χ3v) is 7.88. The number of carbonyl (C=O) groups is 1. The van der Waals surface area contributed by atoms with Crippen LogP contribution in [0.2, 0.25) is 0 Å². The lowest BCUT2D eigenvalue weighted by Gasteiger charge is -2.42. The standard InChI is InChI=1S/C32H19F17O2/c33-25(34,26(35,36)27(37,38)28(39,40)29(41,42)30(43,44)31(45,46)32(47,48)49)14-13-17-9-11-18(12-10-17)16-51-24(50)23-21-7-3-1-5-19(21)15-20-6-2-4-8-22(20)23/h1-12,15H,13-14,16H2. The highest BCUT2D eigenvalue weighted by Crippen LogP contribution is 2.64. The molecule has 0 aliphatic heterocycles. The van der Waals surface area contributed by atoms with Crippen molar-refractivity contribution in [3.63, 3.8) is 0 Å². The Morgan fingerprint density at radius 1 is 0.490 bits per heavy atom. The van der Waals surface area contributed by atoms with Gasteiger partial charge in [0.15, 0.2) is 0 Å². The van der Waals surface area contributed by atoms with E-state index in [-0.39, 0.29) is 11.1 Å². The number of halogens is 17. The van der Waals surface area contributed by atoms with E-state index < -0.39 is 78.6 Å². The van der Waals surface area contributed by atoms with Crippen molar-refractivity contribution in [2.75, 3.05) is 0 Å². The lowest BCUT2D eigenvalue weighted by atomic mass is 9.87. The van der Waals surface area contributed by atoms with Crippen LogP contribution in [0.1, 0.15) is 27.9 Å². The van der Waals surface area contributed by atoms with Crippen molar-refractivity contribution in [2.45, 2.75) is 67.1 Å². The highest BCUT2D eigenvalue weighted by molar-refractivity contribution is 6.16. The Kier molecular flexibility index (Phi) is 9.84. The van der Waals surface area contributed by atoms with Crippen LogP contribution in [0, 0.1) is 0 Å². The zero-order valence-corrected chi connectivity index (χ0v) is 24.9. The summed E-state index contributed by atoms with van der Waals surface area (Å²) in [5, 5.41) is 2.47. The first kappa shape index (κ1) is 39.5. The van der Waals surface area contributed by atoms with Crippen molar-refractivity contribution < 1.29 is 84.2 Å². The highest BCUT2D eigenvalue weighted by atomic mass is 19.4. The van der Waals surface area contributed by atoms with E-state index in [1.165, 1.54) is 0 Å². The van der Waals surface area contributed by atoms with Gasteiger partial charge in [0, 0.05) is 6.42 Å². The molecule has 0 amide bonds. The number of fused-ring (bicyclic) bond motifs is 2. The Bertz CT molecular complexity index is 1840. The molecule has 2 nitrogen and oxygen atoms in total. The van der Waals surface area contributed by atoms with Crippen molar-refractivity contribution in [3.05, 3.63) is 95.6 Å². The first-order chi connectivity index (χ1) is 23.2. The van der Waals surface area contributed by atoms with Crippen LogP contribution in [-0.4, -0.2) is 53.6 Å². The van der Waals surface area contributed by atoms with Crippen molar-refractivity contribution in [1.82, 2.24) is 0 Å². The number of aryl methyl sites for hydroxylation is 1. The number of alkyl halides is 17. The third-order valence-electron chi connectivity index (χ3n) is 7.88. The van der Waals surface area contributed by atoms with Gasteiger partial charge in [0.2, 0.25) is 0 Å². The Labute approximate surface area is 274 Å². The zero-order chi connectivity index (χ0) is 38.6. The fourth-order valence-electron chi connectivity index (χ4n) is 4.91. The maximum atomic E-state index is 14.3. The molecule has 0 N–H and O–H groups in total. The topological polar surface area (TPSA) is 26.3 Å². The number of esters is 1. The van der Waals surface area contributed by atoms with Crippen molar-refractivity contribution in [3.8, 4) is 0 Å². The molecule has 0 heterocycles. The average molecular weight is 758 g/mol. The largest absolute Gasteiger partial charge is 0.460 e. The predicted octanol–water partition coefficient (Wildman–Crippen LogP) is 11.3. The minimum Gasteiger partial charge on any atom is -0.457 e. The molecule has 0 bridgehead atoms. The SMILES string of the molecule is O=C(OCc1ccc(CCC(F)(F)C(F)(F)C(F)(F)C(F)(F)C(F)(F)C(F)(F)C(F)(F)C(F)(F)F)cc1)c1c2ccccc2cc2ccccc12.